The number of Topliss-reactive ketones (excluding diaryl/α,β-unsaturated/α-hetero) is 1. The lowest BCUT2D eigenvalue weighted by Crippen LogP contribution is -2.23. The minimum Gasteiger partial charge on any atom is -0.466 e. The monoisotopic (exact) mass is 182 g/mol. The Morgan fingerprint density at radius 1 is 1.69 bits per heavy atom. The van der Waals surface area contributed by atoms with E-state index in [0.717, 1.165) is 6.42 Å². The summed E-state index contributed by atoms with van der Waals surface area (Å²) in [4.78, 5) is 22.8. The van der Waals surface area contributed by atoms with Crippen molar-refractivity contribution in [1.82, 2.24) is 0 Å². The molecule has 1 unspecified atom stereocenters. The van der Waals surface area contributed by atoms with Crippen LogP contribution in [0.2, 0.25) is 0 Å². The van der Waals surface area contributed by atoms with Gasteiger partial charge in [0.2, 0.25) is 0 Å². The Labute approximate surface area is 77.4 Å². The zero-order chi connectivity index (χ0) is 9.64. The molecule has 0 radical (unpaired) electrons. The van der Waals surface area contributed by atoms with Gasteiger partial charge in [-0.05, 0) is 18.8 Å². The molecule has 72 valence electrons. The van der Waals surface area contributed by atoms with Crippen molar-refractivity contribution in [2.75, 3.05) is 6.61 Å². The average Bonchev–Trinajstić information content (AvgIpc) is 2.68. The van der Waals surface area contributed by atoms with Gasteiger partial charge in [-0.25, -0.2) is 0 Å². The summed E-state index contributed by atoms with van der Waals surface area (Å²) < 4.78 is 4.95. The largest absolute Gasteiger partial charge is 0.466 e. The van der Waals surface area contributed by atoms with E-state index in [2.05, 4.69) is 0 Å². The summed E-state index contributed by atoms with van der Waals surface area (Å²) in [7, 11) is 0. The second-order valence-corrected chi connectivity index (χ2v) is 4.24. The first kappa shape index (κ1) is 8.73. The molecule has 0 saturated heterocycles. The zero-order valence-electron chi connectivity index (χ0n) is 8.00. The molecule has 3 nitrogen and oxygen atoms in total. The normalized spacial score (nSPS) is 41.5. The van der Waals surface area contributed by atoms with Crippen molar-refractivity contribution in [3.8, 4) is 0 Å². The van der Waals surface area contributed by atoms with Crippen LogP contribution in [0.4, 0.5) is 0 Å². The van der Waals surface area contributed by atoms with Crippen LogP contribution in [-0.4, -0.2) is 18.4 Å². The van der Waals surface area contributed by atoms with E-state index in [0.29, 0.717) is 13.0 Å². The lowest BCUT2D eigenvalue weighted by Gasteiger charge is -2.15. The van der Waals surface area contributed by atoms with Crippen molar-refractivity contribution in [3.63, 3.8) is 0 Å². The highest BCUT2D eigenvalue weighted by Crippen LogP contribution is 2.64. The van der Waals surface area contributed by atoms with Gasteiger partial charge in [-0.1, -0.05) is 6.92 Å². The van der Waals surface area contributed by atoms with Crippen LogP contribution >= 0.6 is 0 Å². The van der Waals surface area contributed by atoms with Crippen LogP contribution in [0, 0.1) is 17.3 Å². The Balaban J connectivity index is 2.09. The lowest BCUT2D eigenvalue weighted by atomic mass is 9.92. The fourth-order valence-electron chi connectivity index (χ4n) is 2.42. The molecule has 0 aromatic carbocycles. The Morgan fingerprint density at radius 3 is 2.77 bits per heavy atom. The van der Waals surface area contributed by atoms with Crippen LogP contribution in [-0.2, 0) is 14.3 Å². The van der Waals surface area contributed by atoms with Gasteiger partial charge in [0.1, 0.15) is 5.78 Å². The number of esters is 1. The van der Waals surface area contributed by atoms with Crippen molar-refractivity contribution in [2.24, 2.45) is 17.3 Å². The summed E-state index contributed by atoms with van der Waals surface area (Å²) in [5, 5.41) is 0. The highest BCUT2D eigenvalue weighted by Gasteiger charge is 2.66. The predicted molar refractivity (Wildman–Crippen MR) is 46.0 cm³/mol. The highest BCUT2D eigenvalue weighted by molar-refractivity contribution is 5.94. The van der Waals surface area contributed by atoms with Crippen LogP contribution in [0.15, 0.2) is 0 Å². The first-order chi connectivity index (χ1) is 6.09. The van der Waals surface area contributed by atoms with Gasteiger partial charge >= 0.3 is 5.97 Å². The Morgan fingerprint density at radius 2 is 2.38 bits per heavy atom. The van der Waals surface area contributed by atoms with Crippen LogP contribution in [0.5, 0.6) is 0 Å². The molecule has 2 fully saturated rings. The third-order valence-corrected chi connectivity index (χ3v) is 3.44. The number of hydrogen-bond acceptors (Lipinski definition) is 3. The first-order valence-corrected chi connectivity index (χ1v) is 4.79. The molecule has 0 spiro atoms. The molecular formula is C10H14O3. The minimum atomic E-state index is -0.182. The van der Waals surface area contributed by atoms with Gasteiger partial charge in [-0.2, -0.15) is 0 Å². The quantitative estimate of drug-likeness (QED) is 0.602. The molecule has 2 rings (SSSR count). The predicted octanol–water partition coefficient (Wildman–Crippen LogP) is 1.16. The maximum atomic E-state index is 11.5. The molecule has 2 aliphatic carbocycles. The first-order valence-electron chi connectivity index (χ1n) is 4.79. The number of carbonyl (C=O) groups excluding carboxylic acids is 2. The summed E-state index contributed by atoms with van der Waals surface area (Å²) in [6.45, 7) is 4.22. The van der Waals surface area contributed by atoms with Crippen LogP contribution < -0.4 is 0 Å². The molecule has 0 bridgehead atoms. The minimum absolute atomic E-state index is 0.0522. The summed E-state index contributed by atoms with van der Waals surface area (Å²) in [5.41, 5.74) is -0.0522. The van der Waals surface area contributed by atoms with Crippen molar-refractivity contribution < 1.29 is 14.3 Å². The third-order valence-electron chi connectivity index (χ3n) is 3.44. The lowest BCUT2D eigenvalue weighted by molar-refractivity contribution is -0.150. The summed E-state index contributed by atoms with van der Waals surface area (Å²) >= 11 is 0. The molecule has 0 N–H and O–H groups in total. The molecular weight excluding hydrogens is 168 g/mol. The van der Waals surface area contributed by atoms with E-state index < -0.39 is 0 Å². The van der Waals surface area contributed by atoms with Gasteiger partial charge in [-0.3, -0.25) is 9.59 Å². The van der Waals surface area contributed by atoms with Crippen LogP contribution in [0.3, 0.4) is 0 Å². The number of fused-ring (bicyclic) bond motifs is 1. The molecule has 13 heavy (non-hydrogen) atoms. The molecule has 2 aliphatic rings. The van der Waals surface area contributed by atoms with Crippen LogP contribution in [0.1, 0.15) is 26.7 Å². The van der Waals surface area contributed by atoms with Gasteiger partial charge in [0, 0.05) is 12.3 Å². The molecule has 3 heteroatoms. The molecule has 0 aliphatic heterocycles. The summed E-state index contributed by atoms with van der Waals surface area (Å²) in [5.74, 6) is 0.0609. The molecule has 0 aromatic rings. The highest BCUT2D eigenvalue weighted by atomic mass is 16.5. The van der Waals surface area contributed by atoms with Gasteiger partial charge < -0.3 is 4.74 Å². The second-order valence-electron chi connectivity index (χ2n) is 4.24. The van der Waals surface area contributed by atoms with E-state index in [1.807, 2.05) is 6.92 Å². The number of ether oxygens (including phenoxy) is 1. The molecule has 0 heterocycles. The van der Waals surface area contributed by atoms with Gasteiger partial charge in [-0.15, -0.1) is 0 Å². The van der Waals surface area contributed by atoms with Gasteiger partial charge in [0.05, 0.1) is 12.5 Å². The molecule has 0 amide bonds. The van der Waals surface area contributed by atoms with Crippen molar-refractivity contribution in [3.05, 3.63) is 0 Å². The van der Waals surface area contributed by atoms with E-state index in [-0.39, 0.29) is 29.0 Å². The SMILES string of the molecule is CCOC(=O)[C@H]1CC(=O)[C@H]2CC21C. The van der Waals surface area contributed by atoms with Crippen molar-refractivity contribution in [2.45, 2.75) is 26.7 Å². The van der Waals surface area contributed by atoms with E-state index in [4.69, 9.17) is 4.74 Å². The fraction of sp³-hybridized carbons (Fsp3) is 0.800. The van der Waals surface area contributed by atoms with Crippen LogP contribution in [0.25, 0.3) is 0 Å². The second kappa shape index (κ2) is 2.56. The summed E-state index contributed by atoms with van der Waals surface area (Å²) in [6, 6.07) is 0. The maximum Gasteiger partial charge on any atom is 0.309 e. The Kier molecular flexibility index (Phi) is 1.72. The fourth-order valence-corrected chi connectivity index (χ4v) is 2.42. The Bertz CT molecular complexity index is 271. The zero-order valence-corrected chi connectivity index (χ0v) is 8.00. The third kappa shape index (κ3) is 1.10. The Hall–Kier alpha value is -0.860. The van der Waals surface area contributed by atoms with E-state index in [9.17, 15) is 9.59 Å². The summed E-state index contributed by atoms with van der Waals surface area (Å²) in [6.07, 6.45) is 1.29. The van der Waals surface area contributed by atoms with E-state index in [1.54, 1.807) is 6.92 Å². The van der Waals surface area contributed by atoms with Gasteiger partial charge in [0.25, 0.3) is 0 Å². The topological polar surface area (TPSA) is 43.4 Å². The average molecular weight is 182 g/mol. The molecule has 2 saturated carbocycles. The number of rotatable bonds is 2. The van der Waals surface area contributed by atoms with Crippen molar-refractivity contribution >= 4 is 11.8 Å². The number of carbonyl (C=O) groups is 2. The number of hydrogen-bond donors (Lipinski definition) is 0. The number of ketones is 1. The molecule has 3 atom stereocenters. The standard InChI is InChI=1S/C10H14O3/c1-3-13-9(12)6-4-8(11)7-5-10(6,7)2/h6-7H,3-5H2,1-2H3/t6-,7-,10?/m1/s1. The van der Waals surface area contributed by atoms with Gasteiger partial charge in [0.15, 0.2) is 0 Å². The molecule has 0 aromatic heterocycles. The smallest absolute Gasteiger partial charge is 0.309 e. The maximum absolute atomic E-state index is 11.5. The van der Waals surface area contributed by atoms with E-state index in [1.165, 1.54) is 0 Å². The van der Waals surface area contributed by atoms with E-state index >= 15 is 0 Å². The van der Waals surface area contributed by atoms with Crippen molar-refractivity contribution in [1.29, 1.82) is 0 Å².